The minimum Gasteiger partial charge on any atom is -0.507 e. The number of aromatic hydroxyl groups is 2. The molecule has 1 aliphatic carbocycles. The largest absolute Gasteiger partial charge is 0.507 e. The summed E-state index contributed by atoms with van der Waals surface area (Å²) in [5, 5.41) is 20.0. The van der Waals surface area contributed by atoms with E-state index in [1.165, 1.54) is 16.7 Å². The Morgan fingerprint density at radius 1 is 1.11 bits per heavy atom. The quantitative estimate of drug-likeness (QED) is 0.725. The fraction of sp³-hybridized carbons (Fsp3) is 0.375. The topological polar surface area (TPSA) is 40.5 Å². The van der Waals surface area contributed by atoms with Gasteiger partial charge in [-0.05, 0) is 45.7 Å². The summed E-state index contributed by atoms with van der Waals surface area (Å²) in [6.07, 6.45) is 4.22. The second-order valence-corrected chi connectivity index (χ2v) is 5.23. The van der Waals surface area contributed by atoms with Gasteiger partial charge in [-0.1, -0.05) is 28.9 Å². The van der Waals surface area contributed by atoms with Crippen LogP contribution in [0.2, 0.25) is 0 Å². The zero-order chi connectivity index (χ0) is 13.3. The Balaban J connectivity index is 2.59. The molecule has 2 nitrogen and oxygen atoms in total. The smallest absolute Gasteiger partial charge is 0.123 e. The summed E-state index contributed by atoms with van der Waals surface area (Å²) < 4.78 is 0. The lowest BCUT2D eigenvalue weighted by atomic mass is 9.79. The van der Waals surface area contributed by atoms with Gasteiger partial charge in [-0.25, -0.2) is 0 Å². The molecule has 96 valence electrons. The van der Waals surface area contributed by atoms with E-state index in [0.717, 1.165) is 12.8 Å². The normalized spacial score (nSPS) is 19.6. The van der Waals surface area contributed by atoms with Crippen LogP contribution in [0.5, 0.6) is 11.5 Å². The van der Waals surface area contributed by atoms with E-state index < -0.39 is 0 Å². The molecule has 0 fully saturated rings. The summed E-state index contributed by atoms with van der Waals surface area (Å²) in [5.74, 6) is 0.347. The third-order valence-electron chi connectivity index (χ3n) is 3.63. The number of allylic oxidation sites excluding steroid dienone is 4. The van der Waals surface area contributed by atoms with Crippen LogP contribution in [0.25, 0.3) is 0 Å². The van der Waals surface area contributed by atoms with Gasteiger partial charge < -0.3 is 10.2 Å². The van der Waals surface area contributed by atoms with Crippen molar-refractivity contribution in [2.45, 2.75) is 39.5 Å². The lowest BCUT2D eigenvalue weighted by Crippen LogP contribution is -2.08. The predicted molar refractivity (Wildman–Crippen MR) is 73.9 cm³/mol. The van der Waals surface area contributed by atoms with Crippen molar-refractivity contribution >= 4 is 0 Å². The van der Waals surface area contributed by atoms with Gasteiger partial charge in [-0.2, -0.15) is 0 Å². The monoisotopic (exact) mass is 244 g/mol. The van der Waals surface area contributed by atoms with Crippen molar-refractivity contribution in [1.29, 1.82) is 0 Å². The fourth-order valence-corrected chi connectivity index (χ4v) is 2.63. The van der Waals surface area contributed by atoms with E-state index in [0.29, 0.717) is 5.56 Å². The molecule has 2 rings (SSSR count). The van der Waals surface area contributed by atoms with Gasteiger partial charge in [0, 0.05) is 11.5 Å². The molecule has 0 saturated carbocycles. The minimum atomic E-state index is 0.00458. The van der Waals surface area contributed by atoms with E-state index in [-0.39, 0.29) is 17.4 Å². The molecule has 0 aliphatic heterocycles. The third-order valence-corrected chi connectivity index (χ3v) is 3.63. The van der Waals surface area contributed by atoms with Crippen molar-refractivity contribution in [2.24, 2.45) is 0 Å². The van der Waals surface area contributed by atoms with Crippen LogP contribution in [-0.2, 0) is 0 Å². The number of benzene rings is 1. The van der Waals surface area contributed by atoms with Crippen molar-refractivity contribution < 1.29 is 10.2 Å². The summed E-state index contributed by atoms with van der Waals surface area (Å²) in [5.41, 5.74) is 4.52. The Morgan fingerprint density at radius 3 is 2.28 bits per heavy atom. The van der Waals surface area contributed by atoms with Crippen molar-refractivity contribution in [3.05, 3.63) is 46.6 Å². The first-order chi connectivity index (χ1) is 8.50. The predicted octanol–water partition coefficient (Wildman–Crippen LogP) is 4.26. The summed E-state index contributed by atoms with van der Waals surface area (Å²) in [6.45, 7) is 6.29. The molecule has 2 heteroatoms. The van der Waals surface area contributed by atoms with Crippen LogP contribution in [0, 0.1) is 0 Å². The Labute approximate surface area is 108 Å². The summed E-state index contributed by atoms with van der Waals surface area (Å²) in [4.78, 5) is 0. The highest BCUT2D eigenvalue weighted by molar-refractivity contribution is 5.52. The van der Waals surface area contributed by atoms with Crippen molar-refractivity contribution in [3.63, 3.8) is 0 Å². The molecule has 0 bridgehead atoms. The maximum absolute atomic E-state index is 10.0. The van der Waals surface area contributed by atoms with E-state index in [4.69, 9.17) is 0 Å². The summed E-state index contributed by atoms with van der Waals surface area (Å²) in [7, 11) is 0. The number of phenolic OH excluding ortho intramolecular Hbond substituents is 2. The Morgan fingerprint density at radius 2 is 1.72 bits per heavy atom. The van der Waals surface area contributed by atoms with Crippen LogP contribution in [0.1, 0.15) is 45.1 Å². The highest BCUT2D eigenvalue weighted by atomic mass is 16.3. The van der Waals surface area contributed by atoms with E-state index >= 15 is 0 Å². The first kappa shape index (κ1) is 12.7. The first-order valence-electron chi connectivity index (χ1n) is 6.35. The third kappa shape index (κ3) is 2.28. The molecular formula is C16H20O2. The van der Waals surface area contributed by atoms with Gasteiger partial charge in [-0.3, -0.25) is 0 Å². The van der Waals surface area contributed by atoms with Crippen LogP contribution in [0.15, 0.2) is 41.0 Å². The van der Waals surface area contributed by atoms with Gasteiger partial charge in [0.05, 0.1) is 0 Å². The summed E-state index contributed by atoms with van der Waals surface area (Å²) >= 11 is 0. The Kier molecular flexibility index (Phi) is 3.46. The van der Waals surface area contributed by atoms with Gasteiger partial charge >= 0.3 is 0 Å². The van der Waals surface area contributed by atoms with Gasteiger partial charge in [0.25, 0.3) is 0 Å². The van der Waals surface area contributed by atoms with Crippen LogP contribution < -0.4 is 0 Å². The minimum absolute atomic E-state index is 0.00458. The van der Waals surface area contributed by atoms with Crippen molar-refractivity contribution in [3.8, 4) is 11.5 Å². The number of rotatable bonds is 1. The van der Waals surface area contributed by atoms with E-state index in [2.05, 4.69) is 26.8 Å². The standard InChI is InChI=1S/C16H20O2/c1-10(2)12-8-7-11(3)9-13(12)16-14(17)5-4-6-15(16)18/h4-6,9,13,17-18H,7-8H2,1-3H3/t13-/m1/s1. The van der Waals surface area contributed by atoms with E-state index in [1.807, 2.05) is 0 Å². The lowest BCUT2D eigenvalue weighted by Gasteiger charge is -2.26. The van der Waals surface area contributed by atoms with Crippen molar-refractivity contribution in [1.82, 2.24) is 0 Å². The molecule has 1 aliphatic rings. The Hall–Kier alpha value is -1.70. The highest BCUT2D eigenvalue weighted by Gasteiger charge is 2.24. The fourth-order valence-electron chi connectivity index (χ4n) is 2.63. The van der Waals surface area contributed by atoms with Gasteiger partial charge in [-0.15, -0.1) is 0 Å². The zero-order valence-corrected chi connectivity index (χ0v) is 11.2. The lowest BCUT2D eigenvalue weighted by molar-refractivity contribution is 0.435. The first-order valence-corrected chi connectivity index (χ1v) is 6.35. The molecule has 0 amide bonds. The zero-order valence-electron chi connectivity index (χ0n) is 11.2. The molecule has 0 spiro atoms. The molecule has 1 atom stereocenters. The molecule has 2 N–H and O–H groups in total. The van der Waals surface area contributed by atoms with Crippen LogP contribution >= 0.6 is 0 Å². The number of phenols is 2. The molecule has 0 aromatic heterocycles. The van der Waals surface area contributed by atoms with Gasteiger partial charge in [0.1, 0.15) is 11.5 Å². The molecule has 0 heterocycles. The average molecular weight is 244 g/mol. The SMILES string of the molecule is CC1=C[C@@H](c2c(O)cccc2O)C(=C(C)C)CC1. The molecule has 18 heavy (non-hydrogen) atoms. The maximum atomic E-state index is 10.0. The molecule has 0 saturated heterocycles. The molecule has 1 aromatic carbocycles. The van der Waals surface area contributed by atoms with Gasteiger partial charge in [0.2, 0.25) is 0 Å². The van der Waals surface area contributed by atoms with Crippen molar-refractivity contribution in [2.75, 3.05) is 0 Å². The van der Waals surface area contributed by atoms with Crippen LogP contribution in [0.3, 0.4) is 0 Å². The van der Waals surface area contributed by atoms with E-state index in [9.17, 15) is 10.2 Å². The Bertz CT molecular complexity index is 500. The van der Waals surface area contributed by atoms with Crippen LogP contribution in [0.4, 0.5) is 0 Å². The highest BCUT2D eigenvalue weighted by Crippen LogP contribution is 2.44. The number of hydrogen-bond donors (Lipinski definition) is 2. The molecule has 0 unspecified atom stereocenters. The maximum Gasteiger partial charge on any atom is 0.123 e. The summed E-state index contributed by atoms with van der Waals surface area (Å²) in [6, 6.07) is 4.93. The molecule has 1 aromatic rings. The number of hydrogen-bond acceptors (Lipinski definition) is 2. The molecular weight excluding hydrogens is 224 g/mol. The van der Waals surface area contributed by atoms with E-state index in [1.54, 1.807) is 18.2 Å². The van der Waals surface area contributed by atoms with Crippen LogP contribution in [-0.4, -0.2) is 10.2 Å². The second kappa shape index (κ2) is 4.89. The van der Waals surface area contributed by atoms with Gasteiger partial charge in [0.15, 0.2) is 0 Å². The second-order valence-electron chi connectivity index (χ2n) is 5.23. The average Bonchev–Trinajstić information content (AvgIpc) is 2.28. The molecule has 0 radical (unpaired) electrons.